The highest BCUT2D eigenvalue weighted by molar-refractivity contribution is 5.73. The Kier molecular flexibility index (Phi) is 8.93. The quantitative estimate of drug-likeness (QED) is 0.268. The summed E-state index contributed by atoms with van der Waals surface area (Å²) in [6.07, 6.45) is 12.6. The molecule has 0 aliphatic heterocycles. The van der Waals surface area contributed by atoms with Crippen molar-refractivity contribution >= 4 is 12.4 Å². The van der Waals surface area contributed by atoms with Crippen LogP contribution in [0.5, 0.6) is 0 Å². The van der Waals surface area contributed by atoms with Gasteiger partial charge in [-0.1, -0.05) is 31.4 Å². The zero-order valence-corrected chi connectivity index (χ0v) is 19.4. The topological polar surface area (TPSA) is 63.6 Å². The summed E-state index contributed by atoms with van der Waals surface area (Å²) in [6.45, 7) is 8.70. The Morgan fingerprint density at radius 2 is 1.53 bits per heavy atom. The Morgan fingerprint density at radius 1 is 1.00 bits per heavy atom. The van der Waals surface area contributed by atoms with Gasteiger partial charge >= 0.3 is 5.97 Å². The molecule has 1 saturated carbocycles. The van der Waals surface area contributed by atoms with Gasteiger partial charge in [0.15, 0.2) is 0 Å². The molecule has 0 unspecified atom stereocenters. The second-order valence-corrected chi connectivity index (χ2v) is 9.84. The van der Waals surface area contributed by atoms with Gasteiger partial charge in [-0.05, 0) is 108 Å². The van der Waals surface area contributed by atoms with Gasteiger partial charge in [-0.2, -0.15) is 0 Å². The van der Waals surface area contributed by atoms with Gasteiger partial charge in [0.2, 0.25) is 0 Å². The highest BCUT2D eigenvalue weighted by Crippen LogP contribution is 2.43. The van der Waals surface area contributed by atoms with Gasteiger partial charge in [-0.25, -0.2) is 0 Å². The first-order valence-corrected chi connectivity index (χ1v) is 11.6. The molecule has 0 atom stereocenters. The standard InChI is InChI=1S/C26H40O4/c1-20-21(2)23(12-8-6-10-16-26(17-18-26)30-19-27)14-13-22(20)11-7-5-9-15-25(3,4)24(28)29/h13-14,19H,5-12,15-18H2,1-4H3,(H,28,29). The largest absolute Gasteiger partial charge is 0.481 e. The molecule has 0 saturated heterocycles. The van der Waals surface area contributed by atoms with Gasteiger partial charge in [0.1, 0.15) is 5.60 Å². The molecule has 0 spiro atoms. The lowest BCUT2D eigenvalue weighted by Gasteiger charge is -2.18. The number of carbonyl (C=O) groups excluding carboxylic acids is 1. The fourth-order valence-electron chi connectivity index (χ4n) is 4.25. The van der Waals surface area contributed by atoms with Crippen LogP contribution in [-0.4, -0.2) is 23.1 Å². The molecule has 0 amide bonds. The molecule has 2 rings (SSSR count). The number of carboxylic acids is 1. The number of hydrogen-bond donors (Lipinski definition) is 1. The number of benzene rings is 1. The third-order valence-electron chi connectivity index (χ3n) is 7.02. The number of rotatable bonds is 15. The van der Waals surface area contributed by atoms with E-state index < -0.39 is 11.4 Å². The van der Waals surface area contributed by atoms with Crippen LogP contribution < -0.4 is 0 Å². The van der Waals surface area contributed by atoms with Gasteiger partial charge in [0.05, 0.1) is 5.41 Å². The van der Waals surface area contributed by atoms with E-state index in [9.17, 15) is 14.7 Å². The summed E-state index contributed by atoms with van der Waals surface area (Å²) in [5.41, 5.74) is 4.98. The minimum atomic E-state index is -0.703. The molecule has 1 aromatic carbocycles. The molecule has 1 aliphatic carbocycles. The van der Waals surface area contributed by atoms with Crippen molar-refractivity contribution < 1.29 is 19.4 Å². The first kappa shape index (κ1) is 24.4. The van der Waals surface area contributed by atoms with Crippen LogP contribution in [0.25, 0.3) is 0 Å². The molecule has 1 aliphatic rings. The average molecular weight is 417 g/mol. The number of hydrogen-bond acceptors (Lipinski definition) is 3. The van der Waals surface area contributed by atoms with Crippen molar-refractivity contribution in [3.8, 4) is 0 Å². The molecular weight excluding hydrogens is 376 g/mol. The second kappa shape index (κ2) is 11.0. The number of aryl methyl sites for hydroxylation is 2. The molecule has 1 fully saturated rings. The van der Waals surface area contributed by atoms with E-state index in [1.54, 1.807) is 0 Å². The van der Waals surface area contributed by atoms with Crippen LogP contribution in [0.15, 0.2) is 12.1 Å². The minimum Gasteiger partial charge on any atom is -0.481 e. The summed E-state index contributed by atoms with van der Waals surface area (Å²) in [6, 6.07) is 4.58. The first-order chi connectivity index (χ1) is 14.2. The molecule has 1 aromatic rings. The Balaban J connectivity index is 1.70. The van der Waals surface area contributed by atoms with Gasteiger partial charge in [0, 0.05) is 0 Å². The third-order valence-corrected chi connectivity index (χ3v) is 7.02. The maximum atomic E-state index is 11.2. The van der Waals surface area contributed by atoms with E-state index >= 15 is 0 Å². The molecule has 4 heteroatoms. The zero-order chi connectivity index (χ0) is 22.2. The first-order valence-electron chi connectivity index (χ1n) is 11.6. The highest BCUT2D eigenvalue weighted by atomic mass is 16.5. The maximum absolute atomic E-state index is 11.2. The van der Waals surface area contributed by atoms with E-state index in [4.69, 9.17) is 4.74 Å². The predicted octanol–water partition coefficient (Wildman–Crippen LogP) is 6.33. The Morgan fingerprint density at radius 3 is 2.00 bits per heavy atom. The van der Waals surface area contributed by atoms with Gasteiger partial charge in [0.25, 0.3) is 6.47 Å². The lowest BCUT2D eigenvalue weighted by atomic mass is 9.86. The summed E-state index contributed by atoms with van der Waals surface area (Å²) in [4.78, 5) is 21.7. The smallest absolute Gasteiger partial charge is 0.309 e. The van der Waals surface area contributed by atoms with Crippen LogP contribution in [0.1, 0.15) is 100 Å². The van der Waals surface area contributed by atoms with E-state index in [2.05, 4.69) is 26.0 Å². The number of unbranched alkanes of at least 4 members (excludes halogenated alkanes) is 4. The van der Waals surface area contributed by atoms with Gasteiger partial charge < -0.3 is 9.84 Å². The zero-order valence-electron chi connectivity index (χ0n) is 19.4. The van der Waals surface area contributed by atoms with Crippen LogP contribution in [0.4, 0.5) is 0 Å². The fourth-order valence-corrected chi connectivity index (χ4v) is 4.25. The lowest BCUT2D eigenvalue weighted by Crippen LogP contribution is -2.23. The lowest BCUT2D eigenvalue weighted by molar-refractivity contribution is -0.147. The second-order valence-electron chi connectivity index (χ2n) is 9.84. The van der Waals surface area contributed by atoms with Gasteiger partial charge in [-0.15, -0.1) is 0 Å². The van der Waals surface area contributed by atoms with Crippen molar-refractivity contribution in [1.82, 2.24) is 0 Å². The van der Waals surface area contributed by atoms with Crippen LogP contribution in [0.2, 0.25) is 0 Å². The summed E-state index contributed by atoms with van der Waals surface area (Å²) in [7, 11) is 0. The maximum Gasteiger partial charge on any atom is 0.309 e. The number of ether oxygens (including phenoxy) is 1. The molecular formula is C26H40O4. The van der Waals surface area contributed by atoms with Crippen molar-refractivity contribution in [3.05, 3.63) is 34.4 Å². The molecule has 0 heterocycles. The summed E-state index contributed by atoms with van der Waals surface area (Å²) < 4.78 is 5.22. The molecule has 0 bridgehead atoms. The van der Waals surface area contributed by atoms with Crippen molar-refractivity contribution in [2.45, 2.75) is 110 Å². The Hall–Kier alpha value is -1.84. The van der Waals surface area contributed by atoms with E-state index in [0.29, 0.717) is 6.47 Å². The van der Waals surface area contributed by atoms with Crippen LogP contribution in [-0.2, 0) is 27.2 Å². The molecule has 168 valence electrons. The molecule has 0 radical (unpaired) electrons. The Bertz CT molecular complexity index is 716. The molecule has 4 nitrogen and oxygen atoms in total. The van der Waals surface area contributed by atoms with E-state index in [1.807, 2.05) is 13.8 Å². The molecule has 0 aromatic heterocycles. The van der Waals surface area contributed by atoms with Crippen molar-refractivity contribution in [2.75, 3.05) is 0 Å². The third kappa shape index (κ3) is 7.14. The van der Waals surface area contributed by atoms with Gasteiger partial charge in [-0.3, -0.25) is 9.59 Å². The fraction of sp³-hybridized carbons (Fsp3) is 0.692. The number of carboxylic acid groups (broad SMARTS) is 1. The number of aliphatic carboxylic acids is 1. The summed E-state index contributed by atoms with van der Waals surface area (Å²) in [5.74, 6) is -0.703. The Labute approximate surface area is 182 Å². The molecule has 30 heavy (non-hydrogen) atoms. The van der Waals surface area contributed by atoms with Crippen LogP contribution in [0, 0.1) is 19.3 Å². The monoisotopic (exact) mass is 416 g/mol. The van der Waals surface area contributed by atoms with Crippen molar-refractivity contribution in [3.63, 3.8) is 0 Å². The van der Waals surface area contributed by atoms with Crippen LogP contribution >= 0.6 is 0 Å². The van der Waals surface area contributed by atoms with Crippen molar-refractivity contribution in [2.24, 2.45) is 5.41 Å². The van der Waals surface area contributed by atoms with E-state index in [0.717, 1.165) is 64.2 Å². The average Bonchev–Trinajstić information content (AvgIpc) is 3.45. The summed E-state index contributed by atoms with van der Waals surface area (Å²) >= 11 is 0. The number of carbonyl (C=O) groups is 2. The predicted molar refractivity (Wildman–Crippen MR) is 121 cm³/mol. The normalized spacial score (nSPS) is 15.1. The van der Waals surface area contributed by atoms with Crippen LogP contribution in [0.3, 0.4) is 0 Å². The molecule has 1 N–H and O–H groups in total. The van der Waals surface area contributed by atoms with E-state index in [-0.39, 0.29) is 5.60 Å². The summed E-state index contributed by atoms with van der Waals surface area (Å²) in [5, 5.41) is 9.20. The SMILES string of the molecule is Cc1c(CCCCCC2(OC=O)CC2)ccc(CCCCCC(C)(C)C(=O)O)c1C. The minimum absolute atomic E-state index is 0.112. The van der Waals surface area contributed by atoms with Crippen molar-refractivity contribution in [1.29, 1.82) is 0 Å². The highest BCUT2D eigenvalue weighted by Gasteiger charge is 2.44. The van der Waals surface area contributed by atoms with E-state index in [1.165, 1.54) is 35.1 Å².